The third kappa shape index (κ3) is 5.36. The summed E-state index contributed by atoms with van der Waals surface area (Å²) in [6.45, 7) is 6.32. The molecule has 25 heavy (non-hydrogen) atoms. The summed E-state index contributed by atoms with van der Waals surface area (Å²) in [6.07, 6.45) is 3.02. The minimum Gasteiger partial charge on any atom is -0.494 e. The number of hydrogen-bond acceptors (Lipinski definition) is 5. The van der Waals surface area contributed by atoms with Crippen LogP contribution in [-0.2, 0) is 10.0 Å². The maximum absolute atomic E-state index is 12.2. The zero-order chi connectivity index (χ0) is 18.1. The lowest BCUT2D eigenvalue weighted by Crippen LogP contribution is -2.18. The van der Waals surface area contributed by atoms with Crippen LogP contribution in [-0.4, -0.2) is 27.8 Å². The highest BCUT2D eigenvalue weighted by molar-refractivity contribution is 7.89. The van der Waals surface area contributed by atoms with Gasteiger partial charge in [-0.1, -0.05) is 24.8 Å². The van der Waals surface area contributed by atoms with E-state index in [2.05, 4.69) is 16.5 Å². The quantitative estimate of drug-likeness (QED) is 0.424. The number of hydrazone groups is 1. The minimum absolute atomic E-state index is 0.101. The molecule has 0 aliphatic rings. The Bertz CT molecular complexity index is 830. The van der Waals surface area contributed by atoms with Gasteiger partial charge in [-0.15, -0.1) is 0 Å². The number of benzene rings is 2. The number of sulfonamides is 1. The summed E-state index contributed by atoms with van der Waals surface area (Å²) in [6, 6.07) is 13.3. The van der Waals surface area contributed by atoms with Gasteiger partial charge in [-0.2, -0.15) is 13.5 Å². The summed E-state index contributed by atoms with van der Waals surface area (Å²) in [7, 11) is -3.75. The standard InChI is InChI=1S/C18H20N2O4S/c1-3-13-24-18-8-6-5-7-15(18)14-19-20-25(21,22)17-11-9-16(10-12-17)23-4-2/h3,5-12,14,20H,1,4,13H2,2H3/b19-14-. The predicted molar refractivity (Wildman–Crippen MR) is 97.7 cm³/mol. The topological polar surface area (TPSA) is 77.0 Å². The van der Waals surface area contributed by atoms with Gasteiger partial charge in [-0.25, -0.2) is 4.83 Å². The van der Waals surface area contributed by atoms with Crippen molar-refractivity contribution in [3.63, 3.8) is 0 Å². The number of para-hydroxylation sites is 1. The molecule has 0 aromatic heterocycles. The van der Waals surface area contributed by atoms with E-state index in [1.165, 1.54) is 18.3 Å². The minimum atomic E-state index is -3.75. The van der Waals surface area contributed by atoms with Crippen LogP contribution in [0.25, 0.3) is 0 Å². The first-order chi connectivity index (χ1) is 12.1. The van der Waals surface area contributed by atoms with Gasteiger partial charge in [0.2, 0.25) is 0 Å². The molecular formula is C18H20N2O4S. The van der Waals surface area contributed by atoms with Crippen LogP contribution < -0.4 is 14.3 Å². The SMILES string of the molecule is C=CCOc1ccccc1/C=N\NS(=O)(=O)c1ccc(OCC)cc1. The van der Waals surface area contributed by atoms with Crippen LogP contribution in [0.5, 0.6) is 11.5 Å². The molecule has 0 unspecified atom stereocenters. The van der Waals surface area contributed by atoms with Crippen LogP contribution in [0.4, 0.5) is 0 Å². The van der Waals surface area contributed by atoms with Crippen molar-refractivity contribution in [2.24, 2.45) is 5.10 Å². The molecule has 0 atom stereocenters. The van der Waals surface area contributed by atoms with E-state index in [-0.39, 0.29) is 4.90 Å². The van der Waals surface area contributed by atoms with E-state index in [1.807, 2.05) is 19.1 Å². The second-order valence-corrected chi connectivity index (χ2v) is 6.56. The third-order valence-corrected chi connectivity index (χ3v) is 4.34. The number of nitrogens with one attached hydrogen (secondary N) is 1. The highest BCUT2D eigenvalue weighted by atomic mass is 32.2. The molecular weight excluding hydrogens is 340 g/mol. The molecule has 2 aromatic rings. The summed E-state index contributed by atoms with van der Waals surface area (Å²) in [4.78, 5) is 2.28. The van der Waals surface area contributed by atoms with Gasteiger partial charge in [0.25, 0.3) is 10.0 Å². The molecule has 0 heterocycles. The Hall–Kier alpha value is -2.80. The highest BCUT2D eigenvalue weighted by Crippen LogP contribution is 2.17. The Kier molecular flexibility index (Phi) is 6.59. The van der Waals surface area contributed by atoms with Gasteiger partial charge in [0, 0.05) is 5.56 Å². The van der Waals surface area contributed by atoms with E-state index in [9.17, 15) is 8.42 Å². The molecule has 7 heteroatoms. The van der Waals surface area contributed by atoms with Crippen molar-refractivity contribution in [2.75, 3.05) is 13.2 Å². The van der Waals surface area contributed by atoms with E-state index >= 15 is 0 Å². The highest BCUT2D eigenvalue weighted by Gasteiger charge is 2.12. The second-order valence-electron chi connectivity index (χ2n) is 4.89. The fourth-order valence-electron chi connectivity index (χ4n) is 1.97. The Balaban J connectivity index is 2.09. The van der Waals surface area contributed by atoms with Gasteiger partial charge in [0.1, 0.15) is 18.1 Å². The number of rotatable bonds is 9. The summed E-state index contributed by atoms with van der Waals surface area (Å²) >= 11 is 0. The Labute approximate surface area is 147 Å². The van der Waals surface area contributed by atoms with Gasteiger partial charge < -0.3 is 9.47 Å². The van der Waals surface area contributed by atoms with E-state index in [4.69, 9.17) is 9.47 Å². The molecule has 2 rings (SSSR count). The van der Waals surface area contributed by atoms with E-state index < -0.39 is 10.0 Å². The smallest absolute Gasteiger partial charge is 0.276 e. The van der Waals surface area contributed by atoms with Crippen molar-refractivity contribution in [2.45, 2.75) is 11.8 Å². The summed E-state index contributed by atoms with van der Waals surface area (Å²) in [5.74, 6) is 1.20. The average molecular weight is 360 g/mol. The van der Waals surface area contributed by atoms with Gasteiger partial charge in [0.05, 0.1) is 17.7 Å². The molecule has 2 aromatic carbocycles. The normalized spacial score (nSPS) is 11.2. The Morgan fingerprint density at radius 1 is 1.12 bits per heavy atom. The molecule has 0 amide bonds. The lowest BCUT2D eigenvalue weighted by atomic mass is 10.2. The van der Waals surface area contributed by atoms with Crippen molar-refractivity contribution >= 4 is 16.2 Å². The van der Waals surface area contributed by atoms with Crippen molar-refractivity contribution in [3.05, 3.63) is 66.7 Å². The molecule has 0 bridgehead atoms. The van der Waals surface area contributed by atoms with Crippen molar-refractivity contribution in [1.82, 2.24) is 4.83 Å². The molecule has 1 N–H and O–H groups in total. The van der Waals surface area contributed by atoms with Crippen LogP contribution >= 0.6 is 0 Å². The molecule has 0 fully saturated rings. The van der Waals surface area contributed by atoms with E-state index in [1.54, 1.807) is 30.3 Å². The molecule has 132 valence electrons. The zero-order valence-electron chi connectivity index (χ0n) is 13.9. The fourth-order valence-corrected chi connectivity index (χ4v) is 2.76. The molecule has 0 aliphatic carbocycles. The van der Waals surface area contributed by atoms with E-state index in [0.717, 1.165) is 0 Å². The van der Waals surface area contributed by atoms with Crippen molar-refractivity contribution in [1.29, 1.82) is 0 Å². The first-order valence-electron chi connectivity index (χ1n) is 7.67. The molecule has 0 aliphatic heterocycles. The first-order valence-corrected chi connectivity index (χ1v) is 9.15. The van der Waals surface area contributed by atoms with E-state index in [0.29, 0.717) is 30.3 Å². The molecule has 0 spiro atoms. The van der Waals surface area contributed by atoms with Gasteiger partial charge in [-0.05, 0) is 43.3 Å². The van der Waals surface area contributed by atoms with Crippen LogP contribution in [0.1, 0.15) is 12.5 Å². The Morgan fingerprint density at radius 2 is 1.84 bits per heavy atom. The van der Waals surface area contributed by atoms with Gasteiger partial charge >= 0.3 is 0 Å². The van der Waals surface area contributed by atoms with Crippen molar-refractivity contribution < 1.29 is 17.9 Å². The maximum atomic E-state index is 12.2. The fraction of sp³-hybridized carbons (Fsp3) is 0.167. The molecule has 6 nitrogen and oxygen atoms in total. The third-order valence-electron chi connectivity index (χ3n) is 3.10. The summed E-state index contributed by atoms with van der Waals surface area (Å²) in [5, 5.41) is 3.82. The van der Waals surface area contributed by atoms with Crippen LogP contribution in [0, 0.1) is 0 Å². The van der Waals surface area contributed by atoms with Gasteiger partial charge in [-0.3, -0.25) is 0 Å². The predicted octanol–water partition coefficient (Wildman–Crippen LogP) is 2.96. The molecule has 0 saturated carbocycles. The zero-order valence-corrected chi connectivity index (χ0v) is 14.7. The van der Waals surface area contributed by atoms with Crippen molar-refractivity contribution in [3.8, 4) is 11.5 Å². The van der Waals surface area contributed by atoms with Crippen LogP contribution in [0.2, 0.25) is 0 Å². The summed E-state index contributed by atoms with van der Waals surface area (Å²) in [5.41, 5.74) is 0.652. The second kappa shape index (κ2) is 8.89. The van der Waals surface area contributed by atoms with Crippen LogP contribution in [0.3, 0.4) is 0 Å². The first kappa shape index (κ1) is 18.5. The number of hydrogen-bond donors (Lipinski definition) is 1. The average Bonchev–Trinajstić information content (AvgIpc) is 2.61. The monoisotopic (exact) mass is 360 g/mol. The van der Waals surface area contributed by atoms with Crippen LogP contribution in [0.15, 0.2) is 71.2 Å². The van der Waals surface area contributed by atoms with Gasteiger partial charge in [0.15, 0.2) is 0 Å². The lowest BCUT2D eigenvalue weighted by Gasteiger charge is -2.07. The molecule has 0 saturated heterocycles. The lowest BCUT2D eigenvalue weighted by molar-refractivity contribution is 0.340. The molecule has 0 radical (unpaired) electrons. The number of ether oxygens (including phenoxy) is 2. The Morgan fingerprint density at radius 3 is 2.52 bits per heavy atom. The number of nitrogens with zero attached hydrogens (tertiary/aromatic N) is 1. The largest absolute Gasteiger partial charge is 0.494 e. The maximum Gasteiger partial charge on any atom is 0.276 e. The summed E-state index contributed by atoms with van der Waals surface area (Å²) < 4.78 is 35.3.